The fourth-order valence-corrected chi connectivity index (χ4v) is 2.82. The van der Waals surface area contributed by atoms with Gasteiger partial charge in [-0.05, 0) is 66.6 Å². The summed E-state index contributed by atoms with van der Waals surface area (Å²) >= 11 is 9.46. The molecule has 2 rings (SSSR count). The molecule has 0 saturated carbocycles. The lowest BCUT2D eigenvalue weighted by molar-refractivity contribution is 0.194. The smallest absolute Gasteiger partial charge is 0.0548 e. The van der Waals surface area contributed by atoms with Crippen LogP contribution in [0.1, 0.15) is 18.4 Å². The highest BCUT2D eigenvalue weighted by atomic mass is 79.9. The molecule has 1 aliphatic rings. The van der Waals surface area contributed by atoms with Crippen molar-refractivity contribution in [3.05, 3.63) is 33.3 Å². The maximum atomic E-state index is 5.99. The van der Waals surface area contributed by atoms with Crippen LogP contribution in [0, 0.1) is 0 Å². The van der Waals surface area contributed by atoms with Gasteiger partial charge in [-0.1, -0.05) is 17.7 Å². The molecule has 0 atom stereocenters. The lowest BCUT2D eigenvalue weighted by Crippen LogP contribution is -2.40. The molecule has 1 fully saturated rings. The maximum absolute atomic E-state index is 5.99. The van der Waals surface area contributed by atoms with E-state index in [1.807, 2.05) is 6.07 Å². The number of likely N-dealkylation sites (tertiary alicyclic amines) is 1. The van der Waals surface area contributed by atoms with Crippen LogP contribution in [0.3, 0.4) is 0 Å². The third kappa shape index (κ3) is 4.39. The van der Waals surface area contributed by atoms with E-state index < -0.39 is 0 Å². The van der Waals surface area contributed by atoms with Gasteiger partial charge in [0, 0.05) is 17.1 Å². The second-order valence-corrected chi connectivity index (χ2v) is 5.85. The predicted octanol–water partition coefficient (Wildman–Crippen LogP) is 3.71. The van der Waals surface area contributed by atoms with Gasteiger partial charge in [-0.15, -0.1) is 12.4 Å². The van der Waals surface area contributed by atoms with E-state index in [-0.39, 0.29) is 12.4 Å². The Morgan fingerprint density at radius 3 is 2.61 bits per heavy atom. The van der Waals surface area contributed by atoms with Crippen molar-refractivity contribution in [3.8, 4) is 0 Å². The van der Waals surface area contributed by atoms with Gasteiger partial charge < -0.3 is 5.32 Å². The minimum atomic E-state index is 0. The van der Waals surface area contributed by atoms with E-state index in [1.54, 1.807) is 0 Å². The maximum Gasteiger partial charge on any atom is 0.0548 e. The molecule has 0 amide bonds. The Bertz CT molecular complexity index is 379. The van der Waals surface area contributed by atoms with Crippen LogP contribution in [-0.2, 0) is 6.54 Å². The molecule has 0 aromatic heterocycles. The highest BCUT2D eigenvalue weighted by Crippen LogP contribution is 2.24. The van der Waals surface area contributed by atoms with Gasteiger partial charge >= 0.3 is 0 Å². The van der Waals surface area contributed by atoms with Gasteiger partial charge in [-0.3, -0.25) is 4.90 Å². The normalized spacial score (nSPS) is 17.5. The van der Waals surface area contributed by atoms with Gasteiger partial charge in [0.1, 0.15) is 0 Å². The zero-order chi connectivity index (χ0) is 12.3. The largest absolute Gasteiger partial charge is 0.317 e. The number of nitrogens with zero attached hydrogens (tertiary/aromatic N) is 1. The summed E-state index contributed by atoms with van der Waals surface area (Å²) in [4.78, 5) is 2.50. The van der Waals surface area contributed by atoms with Crippen molar-refractivity contribution in [1.82, 2.24) is 10.2 Å². The van der Waals surface area contributed by atoms with E-state index in [0.29, 0.717) is 6.04 Å². The standard InChI is InChI=1S/C13H18BrClN2.ClH/c1-16-11-4-6-17(7-5-11)9-10-2-3-13(15)12(14)8-10;/h2-3,8,11,16H,4-7,9H2,1H3;1H. The van der Waals surface area contributed by atoms with Crippen LogP contribution in [0.4, 0.5) is 0 Å². The Kier molecular flexibility index (Phi) is 6.96. The zero-order valence-corrected chi connectivity index (χ0v) is 13.6. The molecule has 1 aliphatic heterocycles. The second kappa shape index (κ2) is 7.71. The summed E-state index contributed by atoms with van der Waals surface area (Å²) in [5, 5.41) is 4.13. The molecule has 0 unspecified atom stereocenters. The number of hydrogen-bond donors (Lipinski definition) is 1. The molecule has 102 valence electrons. The average molecular weight is 354 g/mol. The van der Waals surface area contributed by atoms with Crippen LogP contribution >= 0.6 is 39.9 Å². The van der Waals surface area contributed by atoms with Crippen LogP contribution in [0.5, 0.6) is 0 Å². The molecule has 2 nitrogen and oxygen atoms in total. The van der Waals surface area contributed by atoms with Crippen molar-refractivity contribution in [2.75, 3.05) is 20.1 Å². The second-order valence-electron chi connectivity index (χ2n) is 4.59. The summed E-state index contributed by atoms with van der Waals surface area (Å²) in [6, 6.07) is 6.88. The monoisotopic (exact) mass is 352 g/mol. The topological polar surface area (TPSA) is 15.3 Å². The number of halogens is 3. The number of piperidine rings is 1. The molecule has 1 heterocycles. The van der Waals surface area contributed by atoms with Crippen molar-refractivity contribution in [3.63, 3.8) is 0 Å². The molecular weight excluding hydrogens is 335 g/mol. The van der Waals surface area contributed by atoms with Crippen LogP contribution in [0.2, 0.25) is 5.02 Å². The first kappa shape index (κ1) is 16.3. The fourth-order valence-electron chi connectivity index (χ4n) is 2.28. The van der Waals surface area contributed by atoms with Crippen LogP contribution < -0.4 is 5.32 Å². The van der Waals surface area contributed by atoms with E-state index in [1.165, 1.54) is 31.5 Å². The van der Waals surface area contributed by atoms with Crippen molar-refractivity contribution in [2.24, 2.45) is 0 Å². The van der Waals surface area contributed by atoms with E-state index in [9.17, 15) is 0 Å². The molecule has 0 bridgehead atoms. The summed E-state index contributed by atoms with van der Waals surface area (Å²) in [5.74, 6) is 0. The van der Waals surface area contributed by atoms with Gasteiger partial charge in [0.25, 0.3) is 0 Å². The lowest BCUT2D eigenvalue weighted by Gasteiger charge is -2.31. The third-order valence-corrected chi connectivity index (χ3v) is 4.60. The summed E-state index contributed by atoms with van der Waals surface area (Å²) in [6.07, 6.45) is 2.48. The van der Waals surface area contributed by atoms with Gasteiger partial charge in [0.15, 0.2) is 0 Å². The van der Waals surface area contributed by atoms with E-state index >= 15 is 0 Å². The molecule has 0 aliphatic carbocycles. The first-order valence-corrected chi connectivity index (χ1v) is 7.19. The van der Waals surface area contributed by atoms with Gasteiger partial charge in [0.2, 0.25) is 0 Å². The number of benzene rings is 1. The summed E-state index contributed by atoms with van der Waals surface area (Å²) in [5.41, 5.74) is 1.32. The van der Waals surface area contributed by atoms with E-state index in [4.69, 9.17) is 11.6 Å². The molecule has 1 aromatic carbocycles. The van der Waals surface area contributed by atoms with Crippen LogP contribution in [0.25, 0.3) is 0 Å². The Morgan fingerprint density at radius 1 is 1.39 bits per heavy atom. The third-order valence-electron chi connectivity index (χ3n) is 3.39. The van der Waals surface area contributed by atoms with Crippen LogP contribution in [-0.4, -0.2) is 31.1 Å². The van der Waals surface area contributed by atoms with Gasteiger partial charge in [0.05, 0.1) is 5.02 Å². The first-order chi connectivity index (χ1) is 8.19. The average Bonchev–Trinajstić information content (AvgIpc) is 2.35. The summed E-state index contributed by atoms with van der Waals surface area (Å²) in [7, 11) is 2.05. The molecular formula is C13H19BrCl2N2. The fraction of sp³-hybridized carbons (Fsp3) is 0.538. The lowest BCUT2D eigenvalue weighted by atomic mass is 10.0. The molecule has 1 N–H and O–H groups in total. The van der Waals surface area contributed by atoms with E-state index in [0.717, 1.165) is 16.0 Å². The minimum Gasteiger partial charge on any atom is -0.317 e. The first-order valence-electron chi connectivity index (χ1n) is 6.02. The molecule has 0 spiro atoms. The van der Waals surface area contributed by atoms with Crippen molar-refractivity contribution in [2.45, 2.75) is 25.4 Å². The van der Waals surface area contributed by atoms with Gasteiger partial charge in [-0.2, -0.15) is 0 Å². The molecule has 5 heteroatoms. The van der Waals surface area contributed by atoms with Crippen molar-refractivity contribution >= 4 is 39.9 Å². The molecule has 1 saturated heterocycles. The SMILES string of the molecule is CNC1CCN(Cc2ccc(Cl)c(Br)c2)CC1.Cl. The zero-order valence-electron chi connectivity index (χ0n) is 10.5. The number of rotatable bonds is 3. The highest BCUT2D eigenvalue weighted by Gasteiger charge is 2.17. The van der Waals surface area contributed by atoms with E-state index in [2.05, 4.69) is 45.3 Å². The van der Waals surface area contributed by atoms with Crippen molar-refractivity contribution < 1.29 is 0 Å². The number of hydrogen-bond acceptors (Lipinski definition) is 2. The summed E-state index contributed by atoms with van der Waals surface area (Å²) in [6.45, 7) is 3.36. The Morgan fingerprint density at radius 2 is 2.06 bits per heavy atom. The van der Waals surface area contributed by atoms with Crippen molar-refractivity contribution in [1.29, 1.82) is 0 Å². The Balaban J connectivity index is 0.00000162. The molecule has 1 aromatic rings. The van der Waals surface area contributed by atoms with Crippen LogP contribution in [0.15, 0.2) is 22.7 Å². The highest BCUT2D eigenvalue weighted by molar-refractivity contribution is 9.10. The predicted molar refractivity (Wildman–Crippen MR) is 83.8 cm³/mol. The summed E-state index contributed by atoms with van der Waals surface area (Å²) < 4.78 is 0.988. The minimum absolute atomic E-state index is 0. The Hall–Kier alpha value is 0.200. The molecule has 18 heavy (non-hydrogen) atoms. The van der Waals surface area contributed by atoms with Gasteiger partial charge in [-0.25, -0.2) is 0 Å². The quantitative estimate of drug-likeness (QED) is 0.891. The number of nitrogens with one attached hydrogen (secondary N) is 1. The molecule has 0 radical (unpaired) electrons. The Labute approximate surface area is 129 Å².